The third kappa shape index (κ3) is 7.61. The van der Waals surface area contributed by atoms with E-state index in [4.69, 9.17) is 4.74 Å². The molecule has 0 unspecified atom stereocenters. The van der Waals surface area contributed by atoms with E-state index in [1.54, 1.807) is 17.8 Å². The number of benzene rings is 1. The fourth-order valence-electron chi connectivity index (χ4n) is 2.61. The molecule has 4 nitrogen and oxygen atoms in total. The summed E-state index contributed by atoms with van der Waals surface area (Å²) in [5.41, 5.74) is 2.33. The Morgan fingerprint density at radius 2 is 2.04 bits per heavy atom. The summed E-state index contributed by atoms with van der Waals surface area (Å²) in [6.45, 7) is 0.355. The molecule has 0 aromatic heterocycles. The van der Waals surface area contributed by atoms with Gasteiger partial charge in [-0.2, -0.15) is 0 Å². The van der Waals surface area contributed by atoms with Gasteiger partial charge < -0.3 is 10.1 Å². The van der Waals surface area contributed by atoms with Crippen LogP contribution in [-0.2, 0) is 14.3 Å². The maximum absolute atomic E-state index is 11.7. The number of hydrogen-bond acceptors (Lipinski definition) is 4. The summed E-state index contributed by atoms with van der Waals surface area (Å²) in [5, 5.41) is 2.79. The summed E-state index contributed by atoms with van der Waals surface area (Å²) < 4.78 is 4.96. The number of allylic oxidation sites excluding steroid dienone is 1. The second-order valence-corrected chi connectivity index (χ2v) is 6.80. The highest BCUT2D eigenvalue weighted by molar-refractivity contribution is 7.98. The van der Waals surface area contributed by atoms with Crippen molar-refractivity contribution in [3.05, 3.63) is 47.6 Å². The standard InChI is InChI=1S/C20H25NO3S/c1-25-18-10-7-17(8-11-18)9-12-20(23)24-15-19(22)21-14-13-16-5-3-2-4-6-16/h5,7-12H,2-4,6,13-15H2,1H3,(H,21,22). The van der Waals surface area contributed by atoms with E-state index in [9.17, 15) is 9.59 Å². The first-order chi connectivity index (χ1) is 12.2. The molecule has 1 aliphatic rings. The molecule has 0 atom stereocenters. The molecule has 1 aromatic carbocycles. The van der Waals surface area contributed by atoms with E-state index < -0.39 is 5.97 Å². The zero-order valence-electron chi connectivity index (χ0n) is 14.6. The third-order valence-electron chi connectivity index (χ3n) is 4.03. The highest BCUT2D eigenvalue weighted by atomic mass is 32.2. The van der Waals surface area contributed by atoms with Gasteiger partial charge in [0.05, 0.1) is 0 Å². The van der Waals surface area contributed by atoms with Crippen molar-refractivity contribution in [3.8, 4) is 0 Å². The minimum absolute atomic E-state index is 0.242. The van der Waals surface area contributed by atoms with Gasteiger partial charge in [-0.05, 0) is 62.1 Å². The van der Waals surface area contributed by atoms with E-state index in [2.05, 4.69) is 11.4 Å². The van der Waals surface area contributed by atoms with Crippen LogP contribution in [0.15, 0.2) is 46.9 Å². The fraction of sp³-hybridized carbons (Fsp3) is 0.400. The summed E-state index contributed by atoms with van der Waals surface area (Å²) in [6, 6.07) is 7.85. The monoisotopic (exact) mass is 359 g/mol. The Morgan fingerprint density at radius 3 is 2.72 bits per heavy atom. The van der Waals surface area contributed by atoms with Crippen LogP contribution >= 0.6 is 11.8 Å². The molecule has 0 aliphatic heterocycles. The average Bonchev–Trinajstić information content (AvgIpc) is 2.66. The van der Waals surface area contributed by atoms with Crippen molar-refractivity contribution >= 4 is 29.7 Å². The molecule has 0 saturated carbocycles. The minimum Gasteiger partial charge on any atom is -0.452 e. The molecule has 0 heterocycles. The van der Waals surface area contributed by atoms with E-state index >= 15 is 0 Å². The summed E-state index contributed by atoms with van der Waals surface area (Å²) >= 11 is 1.66. The Balaban J connectivity index is 1.63. The zero-order valence-corrected chi connectivity index (χ0v) is 15.4. The highest BCUT2D eigenvalue weighted by Gasteiger charge is 2.07. The van der Waals surface area contributed by atoms with Crippen molar-refractivity contribution in [1.29, 1.82) is 0 Å². The van der Waals surface area contributed by atoms with Crippen molar-refractivity contribution in [2.75, 3.05) is 19.4 Å². The molecule has 25 heavy (non-hydrogen) atoms. The molecule has 0 fully saturated rings. The minimum atomic E-state index is -0.515. The van der Waals surface area contributed by atoms with Crippen LogP contribution in [0.2, 0.25) is 0 Å². The number of ether oxygens (including phenoxy) is 1. The van der Waals surface area contributed by atoms with Gasteiger partial charge in [0.1, 0.15) is 0 Å². The van der Waals surface area contributed by atoms with Crippen molar-refractivity contribution in [3.63, 3.8) is 0 Å². The number of hydrogen-bond donors (Lipinski definition) is 1. The van der Waals surface area contributed by atoms with Gasteiger partial charge >= 0.3 is 5.97 Å². The highest BCUT2D eigenvalue weighted by Crippen LogP contribution is 2.19. The van der Waals surface area contributed by atoms with Gasteiger partial charge in [-0.25, -0.2) is 4.79 Å². The smallest absolute Gasteiger partial charge is 0.331 e. The molecule has 0 saturated heterocycles. The van der Waals surface area contributed by atoms with Crippen molar-refractivity contribution in [2.45, 2.75) is 37.0 Å². The average molecular weight is 359 g/mol. The largest absolute Gasteiger partial charge is 0.452 e. The first-order valence-corrected chi connectivity index (χ1v) is 9.83. The predicted octanol–water partition coefficient (Wildman–Crippen LogP) is 3.97. The Bertz CT molecular complexity index is 635. The van der Waals surface area contributed by atoms with Gasteiger partial charge in [0.25, 0.3) is 5.91 Å². The molecule has 1 N–H and O–H groups in total. The molecular formula is C20H25NO3S. The van der Waals surface area contributed by atoms with Crippen LogP contribution < -0.4 is 5.32 Å². The van der Waals surface area contributed by atoms with Crippen molar-refractivity contribution < 1.29 is 14.3 Å². The Morgan fingerprint density at radius 1 is 1.24 bits per heavy atom. The number of carbonyl (C=O) groups excluding carboxylic acids is 2. The van der Waals surface area contributed by atoms with Gasteiger partial charge in [0.15, 0.2) is 6.61 Å². The first-order valence-electron chi connectivity index (χ1n) is 8.61. The summed E-state index contributed by atoms with van der Waals surface area (Å²) in [5.74, 6) is -0.776. The molecule has 134 valence electrons. The lowest BCUT2D eigenvalue weighted by Gasteiger charge is -2.12. The fourth-order valence-corrected chi connectivity index (χ4v) is 3.02. The van der Waals surface area contributed by atoms with Crippen LogP contribution in [0.1, 0.15) is 37.7 Å². The Labute approximate surface area is 153 Å². The normalized spacial score (nSPS) is 14.2. The lowest BCUT2D eigenvalue weighted by Crippen LogP contribution is -2.29. The molecule has 0 spiro atoms. The third-order valence-corrected chi connectivity index (χ3v) is 4.77. The van der Waals surface area contributed by atoms with E-state index in [1.807, 2.05) is 30.5 Å². The molecule has 5 heteroatoms. The van der Waals surface area contributed by atoms with E-state index in [0.29, 0.717) is 6.54 Å². The zero-order chi connectivity index (χ0) is 17.9. The number of carbonyl (C=O) groups is 2. The summed E-state index contributed by atoms with van der Waals surface area (Å²) in [4.78, 5) is 24.5. The van der Waals surface area contributed by atoms with Gasteiger partial charge in [-0.15, -0.1) is 11.8 Å². The van der Waals surface area contributed by atoms with Crippen LogP contribution in [0.4, 0.5) is 0 Å². The van der Waals surface area contributed by atoms with Crippen LogP contribution in [0.25, 0.3) is 6.08 Å². The van der Waals surface area contributed by atoms with Gasteiger partial charge in [0.2, 0.25) is 0 Å². The SMILES string of the molecule is CSc1ccc(C=CC(=O)OCC(=O)NCCC2=CCCCC2)cc1. The Hall–Kier alpha value is -2.01. The summed E-state index contributed by atoms with van der Waals surface area (Å²) in [6.07, 6.45) is 13.0. The van der Waals surface area contributed by atoms with E-state index in [1.165, 1.54) is 29.4 Å². The predicted molar refractivity (Wildman–Crippen MR) is 102 cm³/mol. The number of rotatable bonds is 8. The van der Waals surface area contributed by atoms with E-state index in [-0.39, 0.29) is 12.5 Å². The number of esters is 1. The van der Waals surface area contributed by atoms with Crippen LogP contribution in [0.5, 0.6) is 0 Å². The van der Waals surface area contributed by atoms with Crippen LogP contribution in [-0.4, -0.2) is 31.3 Å². The molecule has 2 rings (SSSR count). The topological polar surface area (TPSA) is 55.4 Å². The molecule has 0 radical (unpaired) electrons. The second-order valence-electron chi connectivity index (χ2n) is 5.92. The van der Waals surface area contributed by atoms with Gasteiger partial charge in [0, 0.05) is 17.5 Å². The molecular weight excluding hydrogens is 334 g/mol. The molecule has 1 amide bonds. The lowest BCUT2D eigenvalue weighted by molar-refractivity contribution is -0.143. The summed E-state index contributed by atoms with van der Waals surface area (Å²) in [7, 11) is 0. The molecule has 1 aliphatic carbocycles. The second kappa shape index (κ2) is 10.8. The molecule has 1 aromatic rings. The molecule has 0 bridgehead atoms. The van der Waals surface area contributed by atoms with E-state index in [0.717, 1.165) is 24.8 Å². The number of nitrogens with one attached hydrogen (secondary N) is 1. The quantitative estimate of drug-likeness (QED) is 0.330. The van der Waals surface area contributed by atoms with Gasteiger partial charge in [-0.3, -0.25) is 4.79 Å². The number of thioether (sulfide) groups is 1. The van der Waals surface area contributed by atoms with Crippen molar-refractivity contribution in [1.82, 2.24) is 5.32 Å². The van der Waals surface area contributed by atoms with Crippen LogP contribution in [0.3, 0.4) is 0 Å². The maximum Gasteiger partial charge on any atom is 0.331 e. The van der Waals surface area contributed by atoms with Crippen molar-refractivity contribution in [2.24, 2.45) is 0 Å². The first kappa shape index (κ1) is 19.3. The van der Waals surface area contributed by atoms with Crippen LogP contribution in [0, 0.1) is 0 Å². The Kier molecular flexibility index (Phi) is 8.32. The number of amides is 1. The van der Waals surface area contributed by atoms with Gasteiger partial charge in [-0.1, -0.05) is 23.8 Å². The lowest BCUT2D eigenvalue weighted by atomic mass is 9.97. The maximum atomic E-state index is 11.7.